The molecule has 1 saturated carbocycles. The van der Waals surface area contributed by atoms with E-state index in [1.54, 1.807) is 6.07 Å². The molecule has 1 aromatic carbocycles. The van der Waals surface area contributed by atoms with Gasteiger partial charge in [-0.15, -0.1) is 0 Å². The molecule has 2 aromatic rings. The Labute approximate surface area is 116 Å². The van der Waals surface area contributed by atoms with E-state index in [0.29, 0.717) is 11.0 Å². The number of fused-ring (bicyclic) bond motifs is 2. The molecule has 2 heterocycles. The summed E-state index contributed by atoms with van der Waals surface area (Å²) in [7, 11) is 0. The summed E-state index contributed by atoms with van der Waals surface area (Å²) >= 11 is 0. The van der Waals surface area contributed by atoms with Gasteiger partial charge in [-0.05, 0) is 36.8 Å². The van der Waals surface area contributed by atoms with Crippen molar-refractivity contribution >= 4 is 22.6 Å². The highest BCUT2D eigenvalue weighted by Crippen LogP contribution is 2.40. The van der Waals surface area contributed by atoms with Crippen LogP contribution in [0.25, 0.3) is 11.0 Å². The zero-order valence-corrected chi connectivity index (χ0v) is 11.1. The lowest BCUT2D eigenvalue weighted by molar-refractivity contribution is 0.0688. The first-order chi connectivity index (χ1) is 9.72. The van der Waals surface area contributed by atoms with Gasteiger partial charge in [0.05, 0.1) is 5.39 Å². The van der Waals surface area contributed by atoms with Crippen LogP contribution in [0.5, 0.6) is 0 Å². The summed E-state index contributed by atoms with van der Waals surface area (Å²) in [6.45, 7) is 2.21. The van der Waals surface area contributed by atoms with Gasteiger partial charge in [0.25, 0.3) is 0 Å². The maximum absolute atomic E-state index is 11.0. The zero-order chi connectivity index (χ0) is 13.7. The van der Waals surface area contributed by atoms with Crippen molar-refractivity contribution in [3.63, 3.8) is 0 Å². The molecule has 20 heavy (non-hydrogen) atoms. The van der Waals surface area contributed by atoms with E-state index in [2.05, 4.69) is 10.1 Å². The molecule has 104 valence electrons. The molecule has 2 aliphatic rings. The highest BCUT2D eigenvalue weighted by Gasteiger charge is 2.36. The quantitative estimate of drug-likeness (QED) is 0.910. The van der Waals surface area contributed by atoms with Crippen LogP contribution in [0.2, 0.25) is 0 Å². The third kappa shape index (κ3) is 1.69. The number of aromatic carboxylic acids is 1. The van der Waals surface area contributed by atoms with E-state index in [1.807, 2.05) is 12.1 Å². The molecular formula is C15H16N2O3. The van der Waals surface area contributed by atoms with Gasteiger partial charge < -0.3 is 14.5 Å². The minimum absolute atomic E-state index is 0.00941. The fraction of sp³-hybridized carbons (Fsp3) is 0.467. The molecule has 1 aromatic heterocycles. The number of carboxylic acid groups (broad SMARTS) is 1. The van der Waals surface area contributed by atoms with E-state index in [0.717, 1.165) is 30.6 Å². The van der Waals surface area contributed by atoms with Gasteiger partial charge >= 0.3 is 5.97 Å². The number of carboxylic acids is 1. The summed E-state index contributed by atoms with van der Waals surface area (Å²) < 4.78 is 5.15. The van der Waals surface area contributed by atoms with Gasteiger partial charge in [-0.2, -0.15) is 0 Å². The summed E-state index contributed by atoms with van der Waals surface area (Å²) in [5, 5.41) is 13.2. The summed E-state index contributed by atoms with van der Waals surface area (Å²) in [6.07, 6.45) is 4.05. The second-order valence-electron chi connectivity index (χ2n) is 5.87. The Bertz CT molecular complexity index is 667. The average Bonchev–Trinajstić information content (AvgIpc) is 3.11. The summed E-state index contributed by atoms with van der Waals surface area (Å²) in [4.78, 5) is 13.4. The van der Waals surface area contributed by atoms with Crippen LogP contribution in [0.3, 0.4) is 0 Å². The number of carbonyl (C=O) groups is 1. The van der Waals surface area contributed by atoms with Crippen LogP contribution < -0.4 is 4.90 Å². The van der Waals surface area contributed by atoms with Crippen LogP contribution in [0.1, 0.15) is 29.8 Å². The second-order valence-corrected chi connectivity index (χ2v) is 5.87. The van der Waals surface area contributed by atoms with Gasteiger partial charge in [-0.25, -0.2) is 4.79 Å². The largest absolute Gasteiger partial charge is 0.476 e. The molecule has 5 heteroatoms. The monoisotopic (exact) mass is 272 g/mol. The maximum Gasteiger partial charge on any atom is 0.358 e. The van der Waals surface area contributed by atoms with Crippen molar-refractivity contribution in [1.29, 1.82) is 0 Å². The lowest BCUT2D eigenvalue weighted by Gasteiger charge is -2.19. The highest BCUT2D eigenvalue weighted by molar-refractivity contribution is 6.00. The first kappa shape index (κ1) is 11.8. The van der Waals surface area contributed by atoms with Crippen LogP contribution in [0.4, 0.5) is 5.69 Å². The lowest BCUT2D eigenvalue weighted by Crippen LogP contribution is -2.20. The molecular weight excluding hydrogens is 256 g/mol. The minimum atomic E-state index is -1.05. The fourth-order valence-electron chi connectivity index (χ4n) is 3.72. The molecule has 4 rings (SSSR count). The smallest absolute Gasteiger partial charge is 0.358 e. The molecule has 0 radical (unpaired) electrons. The Morgan fingerprint density at radius 1 is 1.30 bits per heavy atom. The topological polar surface area (TPSA) is 66.6 Å². The molecule has 0 bridgehead atoms. The first-order valence-electron chi connectivity index (χ1n) is 7.10. The lowest BCUT2D eigenvalue weighted by atomic mass is 10.0. The standard InChI is InChI=1S/C15H16N2O3/c18-15(19)14-12-5-4-11(6-13(12)20-16-14)17-7-9-2-1-3-10(9)8-17/h4-6,9-10H,1-3,7-8H2,(H,18,19)/t9-,10+. The van der Waals surface area contributed by atoms with Gasteiger partial charge in [-0.3, -0.25) is 0 Å². The number of hydrogen-bond acceptors (Lipinski definition) is 4. The Hall–Kier alpha value is -2.04. The van der Waals surface area contributed by atoms with Crippen molar-refractivity contribution in [2.75, 3.05) is 18.0 Å². The van der Waals surface area contributed by atoms with Crippen molar-refractivity contribution in [2.45, 2.75) is 19.3 Å². The average molecular weight is 272 g/mol. The normalized spacial score (nSPS) is 25.3. The van der Waals surface area contributed by atoms with Crippen molar-refractivity contribution in [3.8, 4) is 0 Å². The molecule has 0 spiro atoms. The van der Waals surface area contributed by atoms with Crippen LogP contribution in [0, 0.1) is 11.8 Å². The summed E-state index contributed by atoms with van der Waals surface area (Å²) in [6, 6.07) is 5.70. The summed E-state index contributed by atoms with van der Waals surface area (Å²) in [5.74, 6) is 0.609. The van der Waals surface area contributed by atoms with E-state index in [9.17, 15) is 4.79 Å². The summed E-state index contributed by atoms with van der Waals surface area (Å²) in [5.41, 5.74) is 1.65. The Morgan fingerprint density at radius 2 is 2.05 bits per heavy atom. The molecule has 5 nitrogen and oxygen atoms in total. The molecule has 1 saturated heterocycles. The predicted octanol–water partition coefficient (Wildman–Crippen LogP) is 2.76. The number of anilines is 1. The third-order valence-corrected chi connectivity index (χ3v) is 4.75. The number of nitrogens with zero attached hydrogens (tertiary/aromatic N) is 2. The Kier molecular flexibility index (Phi) is 2.49. The highest BCUT2D eigenvalue weighted by atomic mass is 16.5. The van der Waals surface area contributed by atoms with E-state index in [1.165, 1.54) is 19.3 Å². The van der Waals surface area contributed by atoms with Gasteiger partial charge in [0.2, 0.25) is 0 Å². The molecule has 0 amide bonds. The second kappa shape index (κ2) is 4.23. The SMILES string of the molecule is O=C(O)c1noc2cc(N3C[C@H]4CCC[C@H]4C3)ccc12. The first-order valence-corrected chi connectivity index (χ1v) is 7.10. The van der Waals surface area contributed by atoms with E-state index >= 15 is 0 Å². The van der Waals surface area contributed by atoms with Crippen molar-refractivity contribution in [3.05, 3.63) is 23.9 Å². The van der Waals surface area contributed by atoms with Crippen LogP contribution >= 0.6 is 0 Å². The maximum atomic E-state index is 11.0. The van der Waals surface area contributed by atoms with Crippen molar-refractivity contribution in [1.82, 2.24) is 5.16 Å². The Balaban J connectivity index is 1.66. The third-order valence-electron chi connectivity index (χ3n) is 4.75. The van der Waals surface area contributed by atoms with E-state index < -0.39 is 5.97 Å². The molecule has 0 unspecified atom stereocenters. The van der Waals surface area contributed by atoms with Crippen molar-refractivity contribution in [2.24, 2.45) is 11.8 Å². The fourth-order valence-corrected chi connectivity index (χ4v) is 3.72. The van der Waals surface area contributed by atoms with Crippen LogP contribution in [0.15, 0.2) is 22.7 Å². The van der Waals surface area contributed by atoms with E-state index in [-0.39, 0.29) is 5.69 Å². The number of hydrogen-bond donors (Lipinski definition) is 1. The molecule has 2 atom stereocenters. The van der Waals surface area contributed by atoms with E-state index in [4.69, 9.17) is 9.63 Å². The van der Waals surface area contributed by atoms with Gasteiger partial charge in [0.15, 0.2) is 11.3 Å². The number of benzene rings is 1. The minimum Gasteiger partial charge on any atom is -0.476 e. The van der Waals surface area contributed by atoms with Gasteiger partial charge in [-0.1, -0.05) is 11.6 Å². The molecule has 1 aliphatic heterocycles. The number of aromatic nitrogens is 1. The van der Waals surface area contributed by atoms with Crippen LogP contribution in [-0.2, 0) is 0 Å². The van der Waals surface area contributed by atoms with Crippen molar-refractivity contribution < 1.29 is 14.4 Å². The van der Waals surface area contributed by atoms with Crippen LogP contribution in [-0.4, -0.2) is 29.3 Å². The molecule has 1 aliphatic carbocycles. The van der Waals surface area contributed by atoms with Gasteiger partial charge in [0, 0.05) is 24.8 Å². The molecule has 2 fully saturated rings. The Morgan fingerprint density at radius 3 is 2.75 bits per heavy atom. The van der Waals surface area contributed by atoms with Gasteiger partial charge in [0.1, 0.15) is 0 Å². The zero-order valence-electron chi connectivity index (χ0n) is 11.1. The predicted molar refractivity (Wildman–Crippen MR) is 74.0 cm³/mol. The molecule has 1 N–H and O–H groups in total. The number of rotatable bonds is 2.